The Morgan fingerprint density at radius 3 is 3.10 bits per heavy atom. The zero-order chi connectivity index (χ0) is 15.2. The van der Waals surface area contributed by atoms with Crippen molar-refractivity contribution in [3.05, 3.63) is 35.1 Å². The number of halogens is 1. The molecule has 1 aromatic carbocycles. The molecule has 4 nitrogen and oxygen atoms in total. The molecule has 0 saturated carbocycles. The van der Waals surface area contributed by atoms with Gasteiger partial charge in [0, 0.05) is 25.3 Å². The molecule has 1 aliphatic rings. The quantitative estimate of drug-likeness (QED) is 0.795. The number of hydrogen-bond donors (Lipinski definition) is 1. The van der Waals surface area contributed by atoms with Crippen LogP contribution in [-0.4, -0.2) is 43.2 Å². The second kappa shape index (κ2) is 7.21. The van der Waals surface area contributed by atoms with Crippen LogP contribution in [0.15, 0.2) is 18.2 Å². The number of hydrogen-bond acceptors (Lipinski definition) is 3. The van der Waals surface area contributed by atoms with Crippen molar-refractivity contribution in [3.63, 3.8) is 0 Å². The summed E-state index contributed by atoms with van der Waals surface area (Å²) in [6.07, 6.45) is 0.787. The van der Waals surface area contributed by atoms with Crippen LogP contribution in [0.4, 0.5) is 4.39 Å². The normalized spacial score (nSPS) is 18.6. The number of benzene rings is 1. The first kappa shape index (κ1) is 15.5. The SMILES string of the molecule is CC1CN(C(=O)c2ccc(C#CCN)c(F)c2)CCCO1. The van der Waals surface area contributed by atoms with Crippen LogP contribution in [-0.2, 0) is 4.74 Å². The molecule has 112 valence electrons. The van der Waals surface area contributed by atoms with Crippen LogP contribution in [0.5, 0.6) is 0 Å². The van der Waals surface area contributed by atoms with Crippen LogP contribution in [0.3, 0.4) is 0 Å². The van der Waals surface area contributed by atoms with Gasteiger partial charge in [0.05, 0.1) is 18.2 Å². The Bertz CT molecular complexity index is 577. The number of amides is 1. The molecule has 1 unspecified atom stereocenters. The van der Waals surface area contributed by atoms with Gasteiger partial charge in [-0.3, -0.25) is 4.79 Å². The molecule has 1 saturated heterocycles. The number of carbonyl (C=O) groups excluding carboxylic acids is 1. The lowest BCUT2D eigenvalue weighted by molar-refractivity contribution is 0.0562. The lowest BCUT2D eigenvalue weighted by atomic mass is 10.1. The lowest BCUT2D eigenvalue weighted by Crippen LogP contribution is -2.36. The maximum Gasteiger partial charge on any atom is 0.254 e. The first-order valence-corrected chi connectivity index (χ1v) is 7.01. The molecule has 1 fully saturated rings. The van der Waals surface area contributed by atoms with Gasteiger partial charge in [0.25, 0.3) is 5.91 Å². The minimum Gasteiger partial charge on any atom is -0.377 e. The second-order valence-electron chi connectivity index (χ2n) is 4.99. The highest BCUT2D eigenvalue weighted by Crippen LogP contribution is 2.14. The third-order valence-electron chi connectivity index (χ3n) is 3.28. The van der Waals surface area contributed by atoms with Crippen molar-refractivity contribution in [2.75, 3.05) is 26.2 Å². The maximum absolute atomic E-state index is 13.9. The van der Waals surface area contributed by atoms with E-state index < -0.39 is 5.82 Å². The number of rotatable bonds is 1. The Kier molecular flexibility index (Phi) is 5.32. The second-order valence-corrected chi connectivity index (χ2v) is 4.99. The molecule has 0 radical (unpaired) electrons. The van der Waals surface area contributed by atoms with E-state index in [4.69, 9.17) is 10.5 Å². The van der Waals surface area contributed by atoms with Gasteiger partial charge in [-0.05, 0) is 31.5 Å². The summed E-state index contributed by atoms with van der Waals surface area (Å²) in [6.45, 7) is 3.89. The van der Waals surface area contributed by atoms with Gasteiger partial charge in [-0.15, -0.1) is 0 Å². The van der Waals surface area contributed by atoms with E-state index in [0.717, 1.165) is 6.42 Å². The van der Waals surface area contributed by atoms with Crippen molar-refractivity contribution >= 4 is 5.91 Å². The number of ether oxygens (including phenoxy) is 1. The highest BCUT2D eigenvalue weighted by molar-refractivity contribution is 5.94. The van der Waals surface area contributed by atoms with Gasteiger partial charge in [0.1, 0.15) is 5.82 Å². The van der Waals surface area contributed by atoms with Crippen LogP contribution in [0.25, 0.3) is 0 Å². The molecule has 2 rings (SSSR count). The molecular weight excluding hydrogens is 271 g/mol. The smallest absolute Gasteiger partial charge is 0.254 e. The Labute approximate surface area is 124 Å². The van der Waals surface area contributed by atoms with E-state index in [0.29, 0.717) is 25.3 Å². The molecule has 1 aliphatic heterocycles. The van der Waals surface area contributed by atoms with E-state index in [1.54, 1.807) is 11.0 Å². The third kappa shape index (κ3) is 4.03. The predicted molar refractivity (Wildman–Crippen MR) is 78.3 cm³/mol. The van der Waals surface area contributed by atoms with Gasteiger partial charge >= 0.3 is 0 Å². The summed E-state index contributed by atoms with van der Waals surface area (Å²) in [6, 6.07) is 4.35. The van der Waals surface area contributed by atoms with Crippen molar-refractivity contribution in [1.82, 2.24) is 4.90 Å². The van der Waals surface area contributed by atoms with Crippen LogP contribution >= 0.6 is 0 Å². The predicted octanol–water partition coefficient (Wildman–Crippen LogP) is 1.39. The summed E-state index contributed by atoms with van der Waals surface area (Å²) < 4.78 is 19.4. The molecule has 1 atom stereocenters. The average Bonchev–Trinajstić information content (AvgIpc) is 2.70. The highest BCUT2D eigenvalue weighted by Gasteiger charge is 2.21. The van der Waals surface area contributed by atoms with Crippen molar-refractivity contribution in [2.24, 2.45) is 5.73 Å². The Hall–Kier alpha value is -1.90. The largest absolute Gasteiger partial charge is 0.377 e. The van der Waals surface area contributed by atoms with Crippen LogP contribution in [0, 0.1) is 17.7 Å². The number of carbonyl (C=O) groups is 1. The van der Waals surface area contributed by atoms with E-state index in [9.17, 15) is 9.18 Å². The van der Waals surface area contributed by atoms with Gasteiger partial charge in [-0.2, -0.15) is 0 Å². The van der Waals surface area contributed by atoms with E-state index >= 15 is 0 Å². The summed E-state index contributed by atoms with van der Waals surface area (Å²) in [4.78, 5) is 14.1. The number of nitrogens with two attached hydrogens (primary N) is 1. The van der Waals surface area contributed by atoms with E-state index in [-0.39, 0.29) is 24.1 Å². The van der Waals surface area contributed by atoms with Crippen LogP contribution < -0.4 is 5.73 Å². The molecule has 0 spiro atoms. The van der Waals surface area contributed by atoms with Crippen LogP contribution in [0.2, 0.25) is 0 Å². The fourth-order valence-electron chi connectivity index (χ4n) is 2.26. The first-order chi connectivity index (χ1) is 10.1. The fraction of sp³-hybridized carbons (Fsp3) is 0.438. The minimum atomic E-state index is -0.499. The zero-order valence-corrected chi connectivity index (χ0v) is 12.1. The molecule has 2 N–H and O–H groups in total. The Morgan fingerprint density at radius 2 is 2.38 bits per heavy atom. The van der Waals surface area contributed by atoms with Crippen molar-refractivity contribution in [1.29, 1.82) is 0 Å². The molecule has 1 heterocycles. The molecule has 0 aliphatic carbocycles. The van der Waals surface area contributed by atoms with Crippen molar-refractivity contribution in [2.45, 2.75) is 19.4 Å². The molecule has 0 aromatic heterocycles. The summed E-state index contributed by atoms with van der Waals surface area (Å²) in [5.74, 6) is 4.56. The van der Waals surface area contributed by atoms with E-state index in [2.05, 4.69) is 11.8 Å². The average molecular weight is 290 g/mol. The first-order valence-electron chi connectivity index (χ1n) is 7.01. The van der Waals surface area contributed by atoms with Gasteiger partial charge in [-0.25, -0.2) is 4.39 Å². The van der Waals surface area contributed by atoms with Gasteiger partial charge in [0.15, 0.2) is 0 Å². The summed E-state index contributed by atoms with van der Waals surface area (Å²) in [7, 11) is 0. The molecule has 5 heteroatoms. The fourth-order valence-corrected chi connectivity index (χ4v) is 2.26. The molecular formula is C16H19FN2O2. The van der Waals surface area contributed by atoms with Crippen molar-refractivity contribution < 1.29 is 13.9 Å². The third-order valence-corrected chi connectivity index (χ3v) is 3.28. The van der Waals surface area contributed by atoms with Gasteiger partial charge < -0.3 is 15.4 Å². The topological polar surface area (TPSA) is 55.6 Å². The van der Waals surface area contributed by atoms with Gasteiger partial charge in [-0.1, -0.05) is 11.8 Å². The Morgan fingerprint density at radius 1 is 1.57 bits per heavy atom. The van der Waals surface area contributed by atoms with Crippen molar-refractivity contribution in [3.8, 4) is 11.8 Å². The summed E-state index contributed by atoms with van der Waals surface area (Å²) in [5, 5.41) is 0. The monoisotopic (exact) mass is 290 g/mol. The minimum absolute atomic E-state index is 0.00371. The summed E-state index contributed by atoms with van der Waals surface area (Å²) in [5.41, 5.74) is 5.85. The zero-order valence-electron chi connectivity index (χ0n) is 12.1. The van der Waals surface area contributed by atoms with Crippen LogP contribution in [0.1, 0.15) is 29.3 Å². The molecule has 1 amide bonds. The lowest BCUT2D eigenvalue weighted by Gasteiger charge is -2.22. The highest BCUT2D eigenvalue weighted by atomic mass is 19.1. The number of nitrogens with zero attached hydrogens (tertiary/aromatic N) is 1. The molecule has 1 aromatic rings. The van der Waals surface area contributed by atoms with E-state index in [1.807, 2.05) is 6.92 Å². The summed E-state index contributed by atoms with van der Waals surface area (Å²) >= 11 is 0. The standard InChI is InChI=1S/C16H19FN2O2/c1-12-11-19(8-3-9-21-12)16(20)14-6-5-13(4-2-7-18)15(17)10-14/h5-6,10,12H,3,7-9,11,18H2,1H3. The Balaban J connectivity index is 2.17. The molecule has 0 bridgehead atoms. The van der Waals surface area contributed by atoms with Gasteiger partial charge in [0.2, 0.25) is 0 Å². The van der Waals surface area contributed by atoms with E-state index in [1.165, 1.54) is 12.1 Å². The maximum atomic E-state index is 13.9. The molecule has 21 heavy (non-hydrogen) atoms.